The van der Waals surface area contributed by atoms with E-state index in [1.54, 1.807) is 7.05 Å². The maximum absolute atomic E-state index is 13.5. The van der Waals surface area contributed by atoms with Gasteiger partial charge in [-0.3, -0.25) is 4.72 Å². The molecular formula is C13H11F3N2O2S. The summed E-state index contributed by atoms with van der Waals surface area (Å²) >= 11 is 0. The molecule has 2 aromatic rings. The van der Waals surface area contributed by atoms with Gasteiger partial charge in [0.1, 0.15) is 0 Å². The van der Waals surface area contributed by atoms with E-state index in [4.69, 9.17) is 0 Å². The van der Waals surface area contributed by atoms with Crippen LogP contribution in [0.2, 0.25) is 0 Å². The third kappa shape index (κ3) is 3.10. The zero-order chi connectivity index (χ0) is 15.6. The monoisotopic (exact) mass is 316 g/mol. The average molecular weight is 316 g/mol. The predicted molar refractivity (Wildman–Crippen MR) is 73.1 cm³/mol. The van der Waals surface area contributed by atoms with Gasteiger partial charge in [0.2, 0.25) is 0 Å². The van der Waals surface area contributed by atoms with Gasteiger partial charge in [-0.05, 0) is 36.4 Å². The van der Waals surface area contributed by atoms with Gasteiger partial charge in [0.25, 0.3) is 10.0 Å². The summed E-state index contributed by atoms with van der Waals surface area (Å²) in [7, 11) is -2.43. The van der Waals surface area contributed by atoms with Crippen LogP contribution in [0.5, 0.6) is 0 Å². The van der Waals surface area contributed by atoms with E-state index >= 15 is 0 Å². The van der Waals surface area contributed by atoms with Gasteiger partial charge in [0.05, 0.1) is 10.6 Å². The number of benzene rings is 2. The highest BCUT2D eigenvalue weighted by Crippen LogP contribution is 2.23. The largest absolute Gasteiger partial charge is 0.388 e. The molecule has 0 aliphatic heterocycles. The van der Waals surface area contributed by atoms with E-state index in [0.29, 0.717) is 11.8 Å². The van der Waals surface area contributed by atoms with E-state index in [1.807, 2.05) is 4.72 Å². The fourth-order valence-corrected chi connectivity index (χ4v) is 2.67. The van der Waals surface area contributed by atoms with Crippen LogP contribution < -0.4 is 10.0 Å². The normalized spacial score (nSPS) is 11.2. The average Bonchev–Trinajstić information content (AvgIpc) is 2.48. The first-order valence-corrected chi connectivity index (χ1v) is 7.27. The smallest absolute Gasteiger partial charge is 0.261 e. The highest BCUT2D eigenvalue weighted by atomic mass is 32.2. The lowest BCUT2D eigenvalue weighted by Gasteiger charge is -2.10. The first-order valence-electron chi connectivity index (χ1n) is 5.79. The van der Waals surface area contributed by atoms with Crippen LogP contribution in [0.4, 0.5) is 24.5 Å². The third-order valence-corrected chi connectivity index (χ3v) is 4.11. The maximum Gasteiger partial charge on any atom is 0.261 e. The molecule has 0 spiro atoms. The molecule has 2 aromatic carbocycles. The molecule has 0 saturated carbocycles. The fraction of sp³-hybridized carbons (Fsp3) is 0.0769. The molecule has 0 heterocycles. The molecule has 0 amide bonds. The lowest BCUT2D eigenvalue weighted by atomic mass is 10.3. The summed E-state index contributed by atoms with van der Waals surface area (Å²) in [5, 5.41) is 2.81. The van der Waals surface area contributed by atoms with E-state index in [0.717, 1.165) is 6.07 Å². The van der Waals surface area contributed by atoms with Gasteiger partial charge in [-0.15, -0.1) is 0 Å². The van der Waals surface area contributed by atoms with Crippen molar-refractivity contribution in [1.29, 1.82) is 0 Å². The van der Waals surface area contributed by atoms with Gasteiger partial charge in [-0.2, -0.15) is 0 Å². The van der Waals surface area contributed by atoms with Crippen molar-refractivity contribution in [3.63, 3.8) is 0 Å². The second-order valence-electron chi connectivity index (χ2n) is 4.10. The Morgan fingerprint density at radius 2 is 1.52 bits per heavy atom. The van der Waals surface area contributed by atoms with Crippen molar-refractivity contribution in [2.75, 3.05) is 17.1 Å². The Kier molecular flexibility index (Phi) is 4.08. The van der Waals surface area contributed by atoms with E-state index in [2.05, 4.69) is 5.32 Å². The Labute approximate surface area is 119 Å². The van der Waals surface area contributed by atoms with Crippen molar-refractivity contribution < 1.29 is 21.6 Å². The van der Waals surface area contributed by atoms with Crippen LogP contribution in [0.1, 0.15) is 0 Å². The molecule has 0 bridgehead atoms. The van der Waals surface area contributed by atoms with Crippen LogP contribution in [-0.2, 0) is 10.0 Å². The second-order valence-corrected chi connectivity index (χ2v) is 5.79. The molecule has 0 aromatic heterocycles. The van der Waals surface area contributed by atoms with Gasteiger partial charge >= 0.3 is 0 Å². The number of nitrogens with one attached hydrogen (secondary N) is 2. The summed E-state index contributed by atoms with van der Waals surface area (Å²) in [6, 6.07) is 7.07. The fourth-order valence-electron chi connectivity index (χ4n) is 1.61. The Balaban J connectivity index is 2.35. The predicted octanol–water partition coefficient (Wildman–Crippen LogP) is 2.95. The van der Waals surface area contributed by atoms with Crippen molar-refractivity contribution in [2.24, 2.45) is 0 Å². The maximum atomic E-state index is 13.5. The summed E-state index contributed by atoms with van der Waals surface area (Å²) in [5.74, 6) is -4.72. The van der Waals surface area contributed by atoms with Crippen LogP contribution in [-0.4, -0.2) is 15.5 Å². The van der Waals surface area contributed by atoms with E-state index in [-0.39, 0.29) is 4.90 Å². The zero-order valence-electron chi connectivity index (χ0n) is 10.8. The van der Waals surface area contributed by atoms with Crippen LogP contribution >= 0.6 is 0 Å². The van der Waals surface area contributed by atoms with Crippen molar-refractivity contribution >= 4 is 21.4 Å². The minimum absolute atomic E-state index is 0.134. The summed E-state index contributed by atoms with van der Waals surface area (Å²) < 4.78 is 65.3. The molecule has 2 rings (SSSR count). The summed E-state index contributed by atoms with van der Waals surface area (Å²) in [6.07, 6.45) is 0. The van der Waals surface area contributed by atoms with Crippen LogP contribution in [0.3, 0.4) is 0 Å². The van der Waals surface area contributed by atoms with Gasteiger partial charge in [0.15, 0.2) is 17.5 Å². The molecule has 0 aliphatic carbocycles. The molecule has 8 heteroatoms. The molecular weight excluding hydrogens is 305 g/mol. The summed E-state index contributed by atoms with van der Waals surface area (Å²) in [5.41, 5.74) is 0.0274. The van der Waals surface area contributed by atoms with Gasteiger partial charge in [0, 0.05) is 12.7 Å². The summed E-state index contributed by atoms with van der Waals surface area (Å²) in [4.78, 5) is -0.134. The SMILES string of the molecule is CNc1ccc(S(=O)(=O)Nc2ccc(F)c(F)c2F)cc1. The van der Waals surface area contributed by atoms with Gasteiger partial charge in [-0.25, -0.2) is 21.6 Å². The minimum atomic E-state index is -4.10. The molecule has 2 N–H and O–H groups in total. The number of halogens is 3. The van der Waals surface area contributed by atoms with Crippen LogP contribution in [0, 0.1) is 17.5 Å². The number of hydrogen-bond donors (Lipinski definition) is 2. The van der Waals surface area contributed by atoms with E-state index in [1.165, 1.54) is 24.3 Å². The Morgan fingerprint density at radius 1 is 0.905 bits per heavy atom. The van der Waals surface area contributed by atoms with E-state index < -0.39 is 33.2 Å². The van der Waals surface area contributed by atoms with Crippen molar-refractivity contribution in [1.82, 2.24) is 0 Å². The minimum Gasteiger partial charge on any atom is -0.388 e. The molecule has 0 fully saturated rings. The van der Waals surface area contributed by atoms with Crippen LogP contribution in [0.15, 0.2) is 41.3 Å². The first-order chi connectivity index (χ1) is 9.85. The summed E-state index contributed by atoms with van der Waals surface area (Å²) in [6.45, 7) is 0. The molecule has 0 radical (unpaired) electrons. The van der Waals surface area contributed by atoms with Crippen molar-refractivity contribution in [3.05, 3.63) is 53.8 Å². The zero-order valence-corrected chi connectivity index (χ0v) is 11.6. The van der Waals surface area contributed by atoms with E-state index in [9.17, 15) is 21.6 Å². The topological polar surface area (TPSA) is 58.2 Å². The molecule has 4 nitrogen and oxygen atoms in total. The molecule has 0 saturated heterocycles. The first kappa shape index (κ1) is 15.2. The molecule has 0 aliphatic rings. The standard InChI is InChI=1S/C13H11F3N2O2S/c1-17-8-2-4-9(5-3-8)21(19,20)18-11-7-6-10(14)12(15)13(11)16/h2-7,17-18H,1H3. The molecule has 112 valence electrons. The Hall–Kier alpha value is -2.22. The lowest BCUT2D eigenvalue weighted by Crippen LogP contribution is -2.14. The van der Waals surface area contributed by atoms with Crippen molar-refractivity contribution in [2.45, 2.75) is 4.90 Å². The highest BCUT2D eigenvalue weighted by Gasteiger charge is 2.19. The molecule has 0 atom stereocenters. The quantitative estimate of drug-likeness (QED) is 0.853. The third-order valence-electron chi connectivity index (χ3n) is 2.73. The number of rotatable bonds is 4. The highest BCUT2D eigenvalue weighted by molar-refractivity contribution is 7.92. The van der Waals surface area contributed by atoms with Crippen molar-refractivity contribution in [3.8, 4) is 0 Å². The number of anilines is 2. The van der Waals surface area contributed by atoms with Crippen LogP contribution in [0.25, 0.3) is 0 Å². The lowest BCUT2D eigenvalue weighted by molar-refractivity contribution is 0.449. The van der Waals surface area contributed by atoms with Gasteiger partial charge in [-0.1, -0.05) is 0 Å². The Bertz CT molecular complexity index is 762. The van der Waals surface area contributed by atoms with Gasteiger partial charge < -0.3 is 5.32 Å². The molecule has 0 unspecified atom stereocenters. The number of sulfonamides is 1. The molecule has 21 heavy (non-hydrogen) atoms. The Morgan fingerprint density at radius 3 is 2.10 bits per heavy atom. The number of hydrogen-bond acceptors (Lipinski definition) is 3. The second kappa shape index (κ2) is 5.65.